The molecule has 1 aliphatic heterocycles. The standard InChI is InChI=1S/C12H26N2O/c1-9(7-11(3)15)13-12-5-6-14(4)10(2)8-12/h9-13,15H,5-8H2,1-4H3. The number of piperidine rings is 1. The summed E-state index contributed by atoms with van der Waals surface area (Å²) in [5.74, 6) is 0. The maximum atomic E-state index is 9.30. The highest BCUT2D eigenvalue weighted by Crippen LogP contribution is 2.16. The molecule has 3 nitrogen and oxygen atoms in total. The summed E-state index contributed by atoms with van der Waals surface area (Å²) < 4.78 is 0. The van der Waals surface area contributed by atoms with Crippen molar-refractivity contribution in [2.45, 2.75) is 64.3 Å². The van der Waals surface area contributed by atoms with Gasteiger partial charge in [-0.05, 0) is 53.6 Å². The Labute approximate surface area is 93.9 Å². The smallest absolute Gasteiger partial charge is 0.0526 e. The zero-order chi connectivity index (χ0) is 11.4. The maximum absolute atomic E-state index is 9.30. The molecular weight excluding hydrogens is 188 g/mol. The largest absolute Gasteiger partial charge is 0.393 e. The van der Waals surface area contributed by atoms with Crippen LogP contribution in [0.2, 0.25) is 0 Å². The fourth-order valence-electron chi connectivity index (χ4n) is 2.42. The highest BCUT2D eigenvalue weighted by atomic mass is 16.3. The Morgan fingerprint density at radius 3 is 2.67 bits per heavy atom. The Hall–Kier alpha value is -0.120. The summed E-state index contributed by atoms with van der Waals surface area (Å²) in [6.45, 7) is 7.48. The van der Waals surface area contributed by atoms with E-state index in [2.05, 4.69) is 31.1 Å². The summed E-state index contributed by atoms with van der Waals surface area (Å²) >= 11 is 0. The van der Waals surface area contributed by atoms with Crippen molar-refractivity contribution in [1.82, 2.24) is 10.2 Å². The number of nitrogens with one attached hydrogen (secondary N) is 1. The molecule has 4 unspecified atom stereocenters. The molecule has 0 radical (unpaired) electrons. The second-order valence-electron chi connectivity index (χ2n) is 5.20. The third kappa shape index (κ3) is 4.49. The van der Waals surface area contributed by atoms with Gasteiger partial charge in [0.05, 0.1) is 6.10 Å². The highest BCUT2D eigenvalue weighted by molar-refractivity contribution is 4.83. The third-order valence-corrected chi connectivity index (χ3v) is 3.42. The number of hydrogen-bond acceptors (Lipinski definition) is 3. The Morgan fingerprint density at radius 2 is 2.13 bits per heavy atom. The number of aliphatic hydroxyl groups excluding tert-OH is 1. The summed E-state index contributed by atoms with van der Waals surface area (Å²) in [7, 11) is 2.19. The molecule has 15 heavy (non-hydrogen) atoms. The molecule has 1 rings (SSSR count). The van der Waals surface area contributed by atoms with Crippen molar-refractivity contribution in [3.8, 4) is 0 Å². The Bertz CT molecular complexity index is 184. The summed E-state index contributed by atoms with van der Waals surface area (Å²) in [5.41, 5.74) is 0. The number of aliphatic hydroxyl groups is 1. The van der Waals surface area contributed by atoms with Crippen LogP contribution in [0.3, 0.4) is 0 Å². The minimum atomic E-state index is -0.198. The molecule has 0 aromatic heterocycles. The van der Waals surface area contributed by atoms with Crippen molar-refractivity contribution in [1.29, 1.82) is 0 Å². The van der Waals surface area contributed by atoms with Gasteiger partial charge in [0.1, 0.15) is 0 Å². The lowest BCUT2D eigenvalue weighted by molar-refractivity contribution is 0.142. The van der Waals surface area contributed by atoms with Gasteiger partial charge in [-0.3, -0.25) is 0 Å². The first-order valence-corrected chi connectivity index (χ1v) is 6.13. The van der Waals surface area contributed by atoms with Gasteiger partial charge in [-0.25, -0.2) is 0 Å². The molecule has 0 aromatic carbocycles. The quantitative estimate of drug-likeness (QED) is 0.738. The van der Waals surface area contributed by atoms with E-state index in [0.717, 1.165) is 6.42 Å². The van der Waals surface area contributed by atoms with Gasteiger partial charge in [-0.2, -0.15) is 0 Å². The molecule has 0 aliphatic carbocycles. The van der Waals surface area contributed by atoms with Gasteiger partial charge in [0.25, 0.3) is 0 Å². The van der Waals surface area contributed by atoms with Gasteiger partial charge in [0, 0.05) is 18.1 Å². The zero-order valence-electron chi connectivity index (χ0n) is 10.5. The summed E-state index contributed by atoms with van der Waals surface area (Å²) in [4.78, 5) is 2.41. The molecule has 4 atom stereocenters. The van der Waals surface area contributed by atoms with E-state index in [0.29, 0.717) is 18.1 Å². The number of hydrogen-bond donors (Lipinski definition) is 2. The first-order valence-electron chi connectivity index (χ1n) is 6.13. The number of nitrogens with zero attached hydrogens (tertiary/aromatic N) is 1. The minimum Gasteiger partial charge on any atom is -0.393 e. The lowest BCUT2D eigenvalue weighted by Crippen LogP contribution is -2.48. The molecule has 0 bridgehead atoms. The van der Waals surface area contributed by atoms with Crippen LogP contribution in [0.4, 0.5) is 0 Å². The average molecular weight is 214 g/mol. The SMILES string of the molecule is CC(O)CC(C)NC1CCN(C)C(C)C1. The van der Waals surface area contributed by atoms with Crippen LogP contribution in [0, 0.1) is 0 Å². The van der Waals surface area contributed by atoms with E-state index < -0.39 is 0 Å². The Kier molecular flexibility index (Phi) is 5.03. The minimum absolute atomic E-state index is 0.198. The summed E-state index contributed by atoms with van der Waals surface area (Å²) in [6.07, 6.45) is 3.10. The molecule has 2 N–H and O–H groups in total. The molecule has 0 amide bonds. The molecule has 90 valence electrons. The van der Waals surface area contributed by atoms with Crippen molar-refractivity contribution in [3.63, 3.8) is 0 Å². The first-order chi connectivity index (χ1) is 6.99. The van der Waals surface area contributed by atoms with Crippen molar-refractivity contribution < 1.29 is 5.11 Å². The molecule has 0 aromatic rings. The van der Waals surface area contributed by atoms with Crippen LogP contribution in [0.15, 0.2) is 0 Å². The predicted molar refractivity (Wildman–Crippen MR) is 64.0 cm³/mol. The van der Waals surface area contributed by atoms with Gasteiger partial charge in [0.2, 0.25) is 0 Å². The fraction of sp³-hybridized carbons (Fsp3) is 1.00. The van der Waals surface area contributed by atoms with Crippen molar-refractivity contribution in [2.75, 3.05) is 13.6 Å². The zero-order valence-corrected chi connectivity index (χ0v) is 10.5. The van der Waals surface area contributed by atoms with E-state index >= 15 is 0 Å². The third-order valence-electron chi connectivity index (χ3n) is 3.42. The van der Waals surface area contributed by atoms with Crippen LogP contribution in [0.1, 0.15) is 40.0 Å². The van der Waals surface area contributed by atoms with Crippen molar-refractivity contribution in [2.24, 2.45) is 0 Å². The van der Waals surface area contributed by atoms with Crippen LogP contribution >= 0.6 is 0 Å². The first kappa shape index (κ1) is 12.9. The average Bonchev–Trinajstić information content (AvgIpc) is 2.10. The Balaban J connectivity index is 2.27. The molecule has 3 heteroatoms. The molecule has 1 heterocycles. The van der Waals surface area contributed by atoms with Gasteiger partial charge in [-0.1, -0.05) is 0 Å². The molecule has 1 fully saturated rings. The van der Waals surface area contributed by atoms with E-state index in [1.54, 1.807) is 0 Å². The van der Waals surface area contributed by atoms with Crippen molar-refractivity contribution >= 4 is 0 Å². The monoisotopic (exact) mass is 214 g/mol. The van der Waals surface area contributed by atoms with E-state index in [-0.39, 0.29) is 6.10 Å². The topological polar surface area (TPSA) is 35.5 Å². The van der Waals surface area contributed by atoms with Crippen LogP contribution < -0.4 is 5.32 Å². The van der Waals surface area contributed by atoms with Gasteiger partial charge in [-0.15, -0.1) is 0 Å². The maximum Gasteiger partial charge on any atom is 0.0526 e. The summed E-state index contributed by atoms with van der Waals surface area (Å²) in [6, 6.07) is 1.73. The van der Waals surface area contributed by atoms with Crippen molar-refractivity contribution in [3.05, 3.63) is 0 Å². The molecule has 0 spiro atoms. The van der Waals surface area contributed by atoms with Crippen LogP contribution in [0.25, 0.3) is 0 Å². The van der Waals surface area contributed by atoms with E-state index in [4.69, 9.17) is 0 Å². The molecule has 1 aliphatic rings. The van der Waals surface area contributed by atoms with E-state index in [9.17, 15) is 5.11 Å². The molecular formula is C12H26N2O. The molecule has 1 saturated heterocycles. The Morgan fingerprint density at radius 1 is 1.47 bits per heavy atom. The summed E-state index contributed by atoms with van der Waals surface area (Å²) in [5, 5.41) is 12.9. The number of rotatable bonds is 4. The van der Waals surface area contributed by atoms with Gasteiger partial charge in [0.15, 0.2) is 0 Å². The second kappa shape index (κ2) is 5.83. The van der Waals surface area contributed by atoms with E-state index in [1.807, 2.05) is 6.92 Å². The predicted octanol–water partition coefficient (Wildman–Crippen LogP) is 1.22. The second-order valence-corrected chi connectivity index (χ2v) is 5.20. The van der Waals surface area contributed by atoms with Crippen LogP contribution in [0.5, 0.6) is 0 Å². The van der Waals surface area contributed by atoms with Crippen LogP contribution in [-0.2, 0) is 0 Å². The van der Waals surface area contributed by atoms with E-state index in [1.165, 1.54) is 19.4 Å². The lowest BCUT2D eigenvalue weighted by Gasteiger charge is -2.36. The van der Waals surface area contributed by atoms with Gasteiger partial charge >= 0.3 is 0 Å². The normalized spacial score (nSPS) is 32.6. The lowest BCUT2D eigenvalue weighted by atomic mass is 9.97. The fourth-order valence-corrected chi connectivity index (χ4v) is 2.42. The van der Waals surface area contributed by atoms with Crippen LogP contribution in [-0.4, -0.2) is 47.8 Å². The molecule has 0 saturated carbocycles. The van der Waals surface area contributed by atoms with Gasteiger partial charge < -0.3 is 15.3 Å². The highest BCUT2D eigenvalue weighted by Gasteiger charge is 2.23. The number of likely N-dealkylation sites (tertiary alicyclic amines) is 1.